The zero-order valence-corrected chi connectivity index (χ0v) is 13.0. The van der Waals surface area contributed by atoms with E-state index in [4.69, 9.17) is 5.73 Å². The maximum absolute atomic E-state index is 12.2. The van der Waals surface area contributed by atoms with Crippen LogP contribution >= 0.6 is 27.3 Å². The molecule has 2 rings (SSSR count). The standard InChI is InChI=1S/C12H18BrN3OS/c1-8(3-4-14)16-6-10(15(2)12(16)17)11-5-9(13)7-18-11/h5,7-8,10H,3-4,6,14H2,1-2H3. The van der Waals surface area contributed by atoms with Gasteiger partial charge in [0, 0.05) is 34.4 Å². The highest BCUT2D eigenvalue weighted by atomic mass is 79.9. The summed E-state index contributed by atoms with van der Waals surface area (Å²) < 4.78 is 1.08. The number of urea groups is 1. The molecule has 0 spiro atoms. The first-order chi connectivity index (χ1) is 8.54. The Morgan fingerprint density at radius 1 is 1.67 bits per heavy atom. The molecule has 1 fully saturated rings. The van der Waals surface area contributed by atoms with Gasteiger partial charge in [-0.1, -0.05) is 0 Å². The fourth-order valence-electron chi connectivity index (χ4n) is 2.27. The minimum absolute atomic E-state index is 0.102. The molecule has 1 aromatic rings. The largest absolute Gasteiger partial charge is 0.330 e. The van der Waals surface area contributed by atoms with Crippen molar-refractivity contribution in [2.45, 2.75) is 25.4 Å². The number of carbonyl (C=O) groups is 1. The van der Waals surface area contributed by atoms with E-state index in [1.165, 1.54) is 4.88 Å². The van der Waals surface area contributed by atoms with E-state index >= 15 is 0 Å². The van der Waals surface area contributed by atoms with Crippen LogP contribution in [0.15, 0.2) is 15.9 Å². The Bertz CT molecular complexity index is 437. The van der Waals surface area contributed by atoms with Crippen molar-refractivity contribution in [3.63, 3.8) is 0 Å². The van der Waals surface area contributed by atoms with E-state index in [1.54, 1.807) is 11.3 Å². The highest BCUT2D eigenvalue weighted by molar-refractivity contribution is 9.10. The molecule has 2 N–H and O–H groups in total. The van der Waals surface area contributed by atoms with E-state index in [0.29, 0.717) is 6.54 Å². The molecule has 1 saturated heterocycles. The van der Waals surface area contributed by atoms with E-state index in [-0.39, 0.29) is 18.1 Å². The molecule has 1 aromatic heterocycles. The average Bonchev–Trinajstić information content (AvgIpc) is 2.86. The smallest absolute Gasteiger partial charge is 0.320 e. The summed E-state index contributed by atoms with van der Waals surface area (Å²) in [5.74, 6) is 0. The molecule has 18 heavy (non-hydrogen) atoms. The van der Waals surface area contributed by atoms with Crippen molar-refractivity contribution in [2.24, 2.45) is 5.73 Å². The molecule has 0 bridgehead atoms. The number of thiophene rings is 1. The summed E-state index contributed by atoms with van der Waals surface area (Å²) in [7, 11) is 1.87. The van der Waals surface area contributed by atoms with E-state index in [1.807, 2.05) is 16.8 Å². The zero-order valence-electron chi connectivity index (χ0n) is 10.6. The molecule has 2 heterocycles. The van der Waals surface area contributed by atoms with Crippen LogP contribution in [0, 0.1) is 0 Å². The summed E-state index contributed by atoms with van der Waals surface area (Å²) >= 11 is 5.15. The van der Waals surface area contributed by atoms with E-state index in [9.17, 15) is 4.79 Å². The Balaban J connectivity index is 2.14. The predicted molar refractivity (Wildman–Crippen MR) is 77.8 cm³/mol. The molecular weight excluding hydrogens is 314 g/mol. The summed E-state index contributed by atoms with van der Waals surface area (Å²) in [6, 6.07) is 2.56. The highest BCUT2D eigenvalue weighted by Crippen LogP contribution is 2.34. The Labute approximate surface area is 120 Å². The van der Waals surface area contributed by atoms with Gasteiger partial charge >= 0.3 is 6.03 Å². The molecule has 100 valence electrons. The molecule has 1 aliphatic heterocycles. The average molecular weight is 332 g/mol. The molecule has 0 aliphatic carbocycles. The first-order valence-corrected chi connectivity index (χ1v) is 7.69. The maximum atomic E-state index is 12.2. The Kier molecular flexibility index (Phi) is 4.29. The molecule has 2 atom stereocenters. The molecule has 0 aromatic carbocycles. The number of hydrogen-bond acceptors (Lipinski definition) is 3. The number of carbonyl (C=O) groups excluding carboxylic acids is 1. The van der Waals surface area contributed by atoms with E-state index in [0.717, 1.165) is 17.4 Å². The minimum Gasteiger partial charge on any atom is -0.330 e. The van der Waals surface area contributed by atoms with Gasteiger partial charge in [-0.3, -0.25) is 0 Å². The first-order valence-electron chi connectivity index (χ1n) is 6.02. The number of amides is 2. The zero-order chi connectivity index (χ0) is 13.3. The van der Waals surface area contributed by atoms with Gasteiger partial charge in [0.05, 0.1) is 6.04 Å². The van der Waals surface area contributed by atoms with Gasteiger partial charge in [0.25, 0.3) is 0 Å². The molecule has 6 heteroatoms. The third-order valence-corrected chi connectivity index (χ3v) is 5.21. The van der Waals surface area contributed by atoms with Crippen LogP contribution in [0.1, 0.15) is 24.3 Å². The number of rotatable bonds is 4. The van der Waals surface area contributed by atoms with Crippen LogP contribution in [0.5, 0.6) is 0 Å². The molecule has 1 aliphatic rings. The van der Waals surface area contributed by atoms with Crippen LogP contribution in [-0.2, 0) is 0 Å². The third kappa shape index (κ3) is 2.55. The topological polar surface area (TPSA) is 49.6 Å². The second-order valence-corrected chi connectivity index (χ2v) is 6.51. The molecule has 2 amide bonds. The van der Waals surface area contributed by atoms with Gasteiger partial charge in [0.1, 0.15) is 0 Å². The monoisotopic (exact) mass is 331 g/mol. The quantitative estimate of drug-likeness (QED) is 0.922. The second kappa shape index (κ2) is 5.59. The fourth-order valence-corrected chi connectivity index (χ4v) is 3.85. The van der Waals surface area contributed by atoms with E-state index in [2.05, 4.69) is 34.3 Å². The number of likely N-dealkylation sites (N-methyl/N-ethyl adjacent to an activating group) is 1. The van der Waals surface area contributed by atoms with Crippen LogP contribution in [0.25, 0.3) is 0 Å². The predicted octanol–water partition coefficient (Wildman–Crippen LogP) is 2.66. The van der Waals surface area contributed by atoms with Gasteiger partial charge in [0.15, 0.2) is 0 Å². The number of nitrogens with two attached hydrogens (primary N) is 1. The van der Waals surface area contributed by atoms with Crippen molar-refractivity contribution in [1.82, 2.24) is 9.80 Å². The van der Waals surface area contributed by atoms with Crippen molar-refractivity contribution in [1.29, 1.82) is 0 Å². The minimum atomic E-state index is 0.102. The number of hydrogen-bond donors (Lipinski definition) is 1. The lowest BCUT2D eigenvalue weighted by atomic mass is 10.2. The van der Waals surface area contributed by atoms with Crippen molar-refractivity contribution in [3.05, 3.63) is 20.8 Å². The second-order valence-electron chi connectivity index (χ2n) is 4.66. The maximum Gasteiger partial charge on any atom is 0.320 e. The Morgan fingerprint density at radius 3 is 2.94 bits per heavy atom. The van der Waals surface area contributed by atoms with E-state index < -0.39 is 0 Å². The van der Waals surface area contributed by atoms with Gasteiger partial charge in [-0.05, 0) is 41.9 Å². The van der Waals surface area contributed by atoms with Crippen LogP contribution in [0.2, 0.25) is 0 Å². The Morgan fingerprint density at radius 2 is 2.39 bits per heavy atom. The summed E-state index contributed by atoms with van der Waals surface area (Å²) in [5.41, 5.74) is 5.57. The lowest BCUT2D eigenvalue weighted by Crippen LogP contribution is -2.37. The fraction of sp³-hybridized carbons (Fsp3) is 0.583. The SMILES string of the molecule is CC(CCN)N1CC(c2cc(Br)cs2)N(C)C1=O. The summed E-state index contributed by atoms with van der Waals surface area (Å²) in [4.78, 5) is 17.2. The lowest BCUT2D eigenvalue weighted by Gasteiger charge is -2.23. The van der Waals surface area contributed by atoms with Gasteiger partial charge in [0.2, 0.25) is 0 Å². The molecule has 0 radical (unpaired) electrons. The summed E-state index contributed by atoms with van der Waals surface area (Å²) in [5, 5.41) is 2.06. The molecule has 4 nitrogen and oxygen atoms in total. The van der Waals surface area contributed by atoms with Crippen LogP contribution in [0.4, 0.5) is 4.79 Å². The van der Waals surface area contributed by atoms with Crippen molar-refractivity contribution in [2.75, 3.05) is 20.1 Å². The number of halogens is 1. The Hall–Kier alpha value is -0.590. The summed E-state index contributed by atoms with van der Waals surface area (Å²) in [6.07, 6.45) is 0.848. The normalized spacial score (nSPS) is 21.8. The lowest BCUT2D eigenvalue weighted by molar-refractivity contribution is 0.183. The van der Waals surface area contributed by atoms with Crippen LogP contribution in [0.3, 0.4) is 0 Å². The molecular formula is C12H18BrN3OS. The first kappa shape index (κ1) is 13.8. The molecule has 2 unspecified atom stereocenters. The third-order valence-electron chi connectivity index (χ3n) is 3.42. The molecule has 0 saturated carbocycles. The van der Waals surface area contributed by atoms with Gasteiger partial charge in [-0.2, -0.15) is 0 Å². The van der Waals surface area contributed by atoms with Crippen molar-refractivity contribution in [3.8, 4) is 0 Å². The van der Waals surface area contributed by atoms with Crippen molar-refractivity contribution < 1.29 is 4.79 Å². The van der Waals surface area contributed by atoms with Crippen molar-refractivity contribution >= 4 is 33.3 Å². The highest BCUT2D eigenvalue weighted by Gasteiger charge is 2.38. The summed E-state index contributed by atoms with van der Waals surface area (Å²) in [6.45, 7) is 3.43. The van der Waals surface area contributed by atoms with Crippen LogP contribution < -0.4 is 5.73 Å². The van der Waals surface area contributed by atoms with Gasteiger partial charge in [-0.15, -0.1) is 11.3 Å². The number of nitrogens with zero attached hydrogens (tertiary/aromatic N) is 2. The van der Waals surface area contributed by atoms with Gasteiger partial charge in [-0.25, -0.2) is 4.79 Å². The van der Waals surface area contributed by atoms with Gasteiger partial charge < -0.3 is 15.5 Å². The van der Waals surface area contributed by atoms with Crippen LogP contribution in [-0.4, -0.2) is 42.0 Å².